The van der Waals surface area contributed by atoms with Gasteiger partial charge in [-0.15, -0.1) is 0 Å². The molecule has 1 N–H and O–H groups in total. The van der Waals surface area contributed by atoms with E-state index in [1.54, 1.807) is 0 Å². The fourth-order valence-electron chi connectivity index (χ4n) is 1.92. The lowest BCUT2D eigenvalue weighted by Crippen LogP contribution is -2.34. The summed E-state index contributed by atoms with van der Waals surface area (Å²) < 4.78 is 0. The molecule has 0 radical (unpaired) electrons. The number of benzene rings is 1. The predicted molar refractivity (Wildman–Crippen MR) is 78.0 cm³/mol. The number of aliphatic hydroxyl groups excluding tert-OH is 1. The van der Waals surface area contributed by atoms with Crippen molar-refractivity contribution in [2.45, 2.75) is 39.3 Å². The van der Waals surface area contributed by atoms with Crippen molar-refractivity contribution in [1.82, 2.24) is 4.90 Å². The molecule has 0 saturated carbocycles. The summed E-state index contributed by atoms with van der Waals surface area (Å²) in [6.07, 6.45) is 0.291. The molecule has 0 bridgehead atoms. The predicted octanol–water partition coefficient (Wildman–Crippen LogP) is 3.74. The van der Waals surface area contributed by atoms with E-state index in [0.717, 1.165) is 18.5 Å². The average Bonchev–Trinajstić information content (AvgIpc) is 2.34. The van der Waals surface area contributed by atoms with Gasteiger partial charge in [-0.3, -0.25) is 0 Å². The fraction of sp³-hybridized carbons (Fsp3) is 0.600. The summed E-state index contributed by atoms with van der Waals surface area (Å²) in [4.78, 5) is 2.29. The van der Waals surface area contributed by atoms with E-state index >= 15 is 0 Å². The minimum absolute atomic E-state index is 0.439. The topological polar surface area (TPSA) is 23.5 Å². The van der Waals surface area contributed by atoms with E-state index in [4.69, 9.17) is 11.6 Å². The second-order valence-corrected chi connectivity index (χ2v) is 5.76. The van der Waals surface area contributed by atoms with Gasteiger partial charge in [0.1, 0.15) is 0 Å². The van der Waals surface area contributed by atoms with Crippen LogP contribution in [0.2, 0.25) is 5.02 Å². The van der Waals surface area contributed by atoms with Gasteiger partial charge in [-0.25, -0.2) is 0 Å². The minimum atomic E-state index is -0.439. The number of halogens is 1. The van der Waals surface area contributed by atoms with Gasteiger partial charge < -0.3 is 10.0 Å². The molecule has 0 aliphatic rings. The summed E-state index contributed by atoms with van der Waals surface area (Å²) >= 11 is 5.92. The first kappa shape index (κ1) is 15.5. The summed E-state index contributed by atoms with van der Waals surface area (Å²) in [6.45, 7) is 7.53. The Hall–Kier alpha value is -0.570. The van der Waals surface area contributed by atoms with Gasteiger partial charge in [-0.2, -0.15) is 0 Å². The zero-order chi connectivity index (χ0) is 13.7. The van der Waals surface area contributed by atoms with Crippen molar-refractivity contribution < 1.29 is 5.11 Å². The molecule has 0 fully saturated rings. The van der Waals surface area contributed by atoms with Gasteiger partial charge in [-0.1, -0.05) is 37.6 Å². The average molecular weight is 270 g/mol. The smallest absolute Gasteiger partial charge is 0.0802 e. The number of aliphatic hydroxyl groups is 1. The molecule has 0 saturated heterocycles. The molecule has 1 rings (SSSR count). The highest BCUT2D eigenvalue weighted by molar-refractivity contribution is 6.30. The molecule has 0 spiro atoms. The molecule has 102 valence electrons. The summed E-state index contributed by atoms with van der Waals surface area (Å²) in [7, 11) is 2.11. The van der Waals surface area contributed by atoms with Crippen molar-refractivity contribution in [2.24, 2.45) is 5.92 Å². The maximum atomic E-state index is 10.1. The third-order valence-electron chi connectivity index (χ3n) is 3.65. The molecule has 2 atom stereocenters. The van der Waals surface area contributed by atoms with Crippen molar-refractivity contribution in [3.8, 4) is 0 Å². The third-order valence-corrected chi connectivity index (χ3v) is 3.88. The van der Waals surface area contributed by atoms with Gasteiger partial charge >= 0.3 is 0 Å². The highest BCUT2D eigenvalue weighted by atomic mass is 35.5. The molecule has 3 heteroatoms. The number of nitrogens with zero attached hydrogens (tertiary/aromatic N) is 1. The van der Waals surface area contributed by atoms with E-state index in [9.17, 15) is 5.11 Å². The van der Waals surface area contributed by atoms with Gasteiger partial charge in [-0.05, 0) is 44.0 Å². The monoisotopic (exact) mass is 269 g/mol. The van der Waals surface area contributed by atoms with Crippen molar-refractivity contribution in [1.29, 1.82) is 0 Å². The second-order valence-electron chi connectivity index (χ2n) is 5.32. The van der Waals surface area contributed by atoms with Crippen molar-refractivity contribution >= 4 is 11.6 Å². The van der Waals surface area contributed by atoms with Crippen molar-refractivity contribution in [3.05, 3.63) is 34.9 Å². The Labute approximate surface area is 116 Å². The minimum Gasteiger partial charge on any atom is -0.388 e. The molecule has 0 aliphatic heterocycles. The molecule has 2 unspecified atom stereocenters. The lowest BCUT2D eigenvalue weighted by Gasteiger charge is -2.28. The molecule has 0 aromatic heterocycles. The molecule has 2 nitrogen and oxygen atoms in total. The molecule has 0 aliphatic carbocycles. The van der Waals surface area contributed by atoms with Crippen LogP contribution >= 0.6 is 11.6 Å². The quantitative estimate of drug-likeness (QED) is 0.850. The Morgan fingerprint density at radius 1 is 1.28 bits per heavy atom. The molecule has 0 amide bonds. The largest absolute Gasteiger partial charge is 0.388 e. The Kier molecular flexibility index (Phi) is 6.13. The molecule has 1 aromatic rings. The maximum Gasteiger partial charge on any atom is 0.0802 e. The van der Waals surface area contributed by atoms with Crippen LogP contribution in [-0.2, 0) is 0 Å². The highest BCUT2D eigenvalue weighted by Gasteiger charge is 2.15. The van der Waals surface area contributed by atoms with Crippen LogP contribution in [-0.4, -0.2) is 29.6 Å². The SMILES string of the molecule is CC(C)C(C)N(C)CCC(O)c1cccc(Cl)c1. The van der Waals surface area contributed by atoms with E-state index in [-0.39, 0.29) is 0 Å². The van der Waals surface area contributed by atoms with E-state index in [0.29, 0.717) is 17.0 Å². The van der Waals surface area contributed by atoms with Crippen LogP contribution in [0.3, 0.4) is 0 Å². The Morgan fingerprint density at radius 2 is 1.94 bits per heavy atom. The standard InChI is InChI=1S/C15H24ClNO/c1-11(2)12(3)17(4)9-8-15(18)13-6-5-7-14(16)10-13/h5-7,10-12,15,18H,8-9H2,1-4H3. The molecular formula is C15H24ClNO. The van der Waals surface area contributed by atoms with Crippen LogP contribution in [0.15, 0.2) is 24.3 Å². The van der Waals surface area contributed by atoms with Crippen LogP contribution in [0, 0.1) is 5.92 Å². The Morgan fingerprint density at radius 3 is 2.50 bits per heavy atom. The first-order chi connectivity index (χ1) is 8.41. The number of rotatable bonds is 6. The van der Waals surface area contributed by atoms with E-state index in [1.165, 1.54) is 0 Å². The second kappa shape index (κ2) is 7.13. The maximum absolute atomic E-state index is 10.1. The van der Waals surface area contributed by atoms with Crippen LogP contribution in [0.1, 0.15) is 38.9 Å². The zero-order valence-corrected chi connectivity index (χ0v) is 12.5. The lowest BCUT2D eigenvalue weighted by atomic mass is 10.0. The highest BCUT2D eigenvalue weighted by Crippen LogP contribution is 2.21. The molecular weight excluding hydrogens is 246 g/mol. The normalized spacial score (nSPS) is 15.1. The van der Waals surface area contributed by atoms with Gasteiger partial charge in [0, 0.05) is 17.6 Å². The fourth-order valence-corrected chi connectivity index (χ4v) is 2.12. The molecule has 18 heavy (non-hydrogen) atoms. The summed E-state index contributed by atoms with van der Waals surface area (Å²) in [6, 6.07) is 7.98. The molecule has 1 aromatic carbocycles. The van der Waals surface area contributed by atoms with Gasteiger partial charge in [0.15, 0.2) is 0 Å². The van der Waals surface area contributed by atoms with E-state index < -0.39 is 6.10 Å². The first-order valence-corrected chi connectivity index (χ1v) is 6.93. The number of hydrogen-bond donors (Lipinski definition) is 1. The van der Waals surface area contributed by atoms with E-state index in [1.807, 2.05) is 24.3 Å². The van der Waals surface area contributed by atoms with Crippen LogP contribution < -0.4 is 0 Å². The summed E-state index contributed by atoms with van der Waals surface area (Å²) in [5.74, 6) is 0.623. The third kappa shape index (κ3) is 4.60. The summed E-state index contributed by atoms with van der Waals surface area (Å²) in [5, 5.41) is 10.8. The van der Waals surface area contributed by atoms with Gasteiger partial charge in [0.25, 0.3) is 0 Å². The lowest BCUT2D eigenvalue weighted by molar-refractivity contribution is 0.129. The van der Waals surface area contributed by atoms with Crippen LogP contribution in [0.5, 0.6) is 0 Å². The zero-order valence-electron chi connectivity index (χ0n) is 11.7. The first-order valence-electron chi connectivity index (χ1n) is 6.55. The Balaban J connectivity index is 2.48. The Bertz CT molecular complexity index is 367. The van der Waals surface area contributed by atoms with Crippen LogP contribution in [0.25, 0.3) is 0 Å². The van der Waals surface area contributed by atoms with Gasteiger partial charge in [0.05, 0.1) is 6.10 Å². The van der Waals surface area contributed by atoms with Gasteiger partial charge in [0.2, 0.25) is 0 Å². The van der Waals surface area contributed by atoms with Crippen LogP contribution in [0.4, 0.5) is 0 Å². The molecule has 0 heterocycles. The van der Waals surface area contributed by atoms with Crippen molar-refractivity contribution in [2.75, 3.05) is 13.6 Å². The van der Waals surface area contributed by atoms with Crippen molar-refractivity contribution in [3.63, 3.8) is 0 Å². The number of hydrogen-bond acceptors (Lipinski definition) is 2. The van der Waals surface area contributed by atoms with E-state index in [2.05, 4.69) is 32.7 Å². The summed E-state index contributed by atoms with van der Waals surface area (Å²) in [5.41, 5.74) is 0.896.